The second-order valence-electron chi connectivity index (χ2n) is 2.88. The fraction of sp³-hybridized carbons (Fsp3) is 0.375. The zero-order valence-corrected chi connectivity index (χ0v) is 8.08. The van der Waals surface area contributed by atoms with E-state index in [4.69, 9.17) is 16.6 Å². The van der Waals surface area contributed by atoms with Gasteiger partial charge in [-0.3, -0.25) is 4.98 Å². The molecule has 5 N–H and O–H groups in total. The predicted molar refractivity (Wildman–Crippen MR) is 49.1 cm³/mol. The Labute approximate surface area is 88.8 Å². The average Bonchev–Trinajstić information content (AvgIpc) is 2.19. The number of pyridine rings is 1. The lowest BCUT2D eigenvalue weighted by Crippen LogP contribution is -2.20. The van der Waals surface area contributed by atoms with Crippen LogP contribution in [0.5, 0.6) is 5.75 Å². The molecule has 1 heterocycles. The molecule has 0 fully saturated rings. The van der Waals surface area contributed by atoms with Crippen molar-refractivity contribution in [2.24, 2.45) is 5.73 Å². The molecule has 0 unspecified atom stereocenters. The number of nitrogens with zero attached hydrogens (tertiary/aromatic N) is 1. The Hall–Kier alpha value is -1.54. The van der Waals surface area contributed by atoms with Crippen molar-refractivity contribution < 1.29 is 23.0 Å². The van der Waals surface area contributed by atoms with Crippen LogP contribution in [0.2, 0.25) is 0 Å². The number of anilines is 1. The minimum absolute atomic E-state index is 0.0204. The van der Waals surface area contributed by atoms with E-state index in [0.29, 0.717) is 0 Å². The number of aromatic nitrogens is 1. The van der Waals surface area contributed by atoms with E-state index in [2.05, 4.69) is 9.72 Å². The molecule has 0 aliphatic carbocycles. The predicted octanol–water partition coefficient (Wildman–Crippen LogP) is 0.513. The number of rotatable bonds is 3. The molecule has 0 aliphatic heterocycles. The smallest absolute Gasteiger partial charge is 0.403 e. The first-order valence-corrected chi connectivity index (χ1v) is 4.22. The lowest BCUT2D eigenvalue weighted by Gasteiger charge is -2.15. The number of nitrogens with two attached hydrogens (primary N) is 2. The minimum Gasteiger partial charge on any atom is -0.403 e. The minimum atomic E-state index is -4.87. The van der Waals surface area contributed by atoms with Gasteiger partial charge >= 0.3 is 6.36 Å². The van der Waals surface area contributed by atoms with Crippen molar-refractivity contribution in [2.45, 2.75) is 19.5 Å². The zero-order chi connectivity index (χ0) is 12.3. The number of hydrogen-bond donors (Lipinski definition) is 3. The largest absolute Gasteiger partial charge is 0.573 e. The summed E-state index contributed by atoms with van der Waals surface area (Å²) in [6.07, 6.45) is -3.78. The van der Waals surface area contributed by atoms with Crippen LogP contribution < -0.4 is 16.2 Å². The Kier molecular flexibility index (Phi) is 3.55. The molecule has 1 aromatic heterocycles. The molecule has 1 aromatic rings. The number of alkyl halides is 3. The summed E-state index contributed by atoms with van der Waals surface area (Å²) in [6.45, 7) is -0.779. The van der Waals surface area contributed by atoms with Gasteiger partial charge in [-0.1, -0.05) is 0 Å². The summed E-state index contributed by atoms with van der Waals surface area (Å²) in [5.41, 5.74) is 10.2. The number of hydrogen-bond acceptors (Lipinski definition) is 5. The average molecular weight is 237 g/mol. The van der Waals surface area contributed by atoms with Crippen LogP contribution >= 0.6 is 0 Å². The molecule has 0 aromatic carbocycles. The first kappa shape index (κ1) is 12.5. The first-order chi connectivity index (χ1) is 7.39. The van der Waals surface area contributed by atoms with Gasteiger partial charge in [0.1, 0.15) is 0 Å². The van der Waals surface area contributed by atoms with Crippen molar-refractivity contribution in [3.8, 4) is 5.75 Å². The summed E-state index contributed by atoms with van der Waals surface area (Å²) >= 11 is 0. The summed E-state index contributed by atoms with van der Waals surface area (Å²) in [5, 5.41) is 8.79. The molecule has 0 radical (unpaired) electrons. The maximum absolute atomic E-state index is 12.1. The van der Waals surface area contributed by atoms with Crippen LogP contribution in [0.1, 0.15) is 11.3 Å². The normalized spacial score (nSPS) is 11.6. The Morgan fingerprint density at radius 1 is 1.44 bits per heavy atom. The van der Waals surface area contributed by atoms with Crippen molar-refractivity contribution >= 4 is 5.69 Å². The Morgan fingerprint density at radius 3 is 2.50 bits per heavy atom. The molecule has 0 saturated carbocycles. The summed E-state index contributed by atoms with van der Waals surface area (Å²) in [7, 11) is 0. The Morgan fingerprint density at radius 2 is 2.06 bits per heavy atom. The van der Waals surface area contributed by atoms with Crippen LogP contribution in [-0.2, 0) is 13.2 Å². The second kappa shape index (κ2) is 4.54. The second-order valence-corrected chi connectivity index (χ2v) is 2.88. The van der Waals surface area contributed by atoms with Crippen molar-refractivity contribution in [3.63, 3.8) is 0 Å². The maximum Gasteiger partial charge on any atom is 0.573 e. The summed E-state index contributed by atoms with van der Waals surface area (Å²) in [4.78, 5) is 3.66. The number of nitrogen functional groups attached to an aromatic ring is 1. The highest BCUT2D eigenvalue weighted by Gasteiger charge is 2.33. The van der Waals surface area contributed by atoms with Gasteiger partial charge in [-0.15, -0.1) is 13.2 Å². The molecular formula is C8H10F3N3O2. The van der Waals surface area contributed by atoms with E-state index in [1.54, 1.807) is 0 Å². The number of aliphatic hydroxyl groups excluding tert-OH is 1. The molecule has 8 heteroatoms. The third-order valence-corrected chi connectivity index (χ3v) is 1.81. The quantitative estimate of drug-likeness (QED) is 0.712. The van der Waals surface area contributed by atoms with Crippen LogP contribution in [0.3, 0.4) is 0 Å². The van der Waals surface area contributed by atoms with E-state index in [1.807, 2.05) is 0 Å². The van der Waals surface area contributed by atoms with Crippen LogP contribution in [0.15, 0.2) is 6.20 Å². The van der Waals surface area contributed by atoms with Gasteiger partial charge in [0, 0.05) is 18.3 Å². The van der Waals surface area contributed by atoms with Gasteiger partial charge in [0.25, 0.3) is 0 Å². The Bertz CT molecular complexity index is 382. The fourth-order valence-corrected chi connectivity index (χ4v) is 1.10. The van der Waals surface area contributed by atoms with Gasteiger partial charge < -0.3 is 21.3 Å². The molecule has 0 spiro atoms. The fourth-order valence-electron chi connectivity index (χ4n) is 1.10. The molecule has 0 atom stereocenters. The van der Waals surface area contributed by atoms with Crippen molar-refractivity contribution in [3.05, 3.63) is 17.5 Å². The summed E-state index contributed by atoms with van der Waals surface area (Å²) in [5.74, 6) is -0.603. The van der Waals surface area contributed by atoms with E-state index in [0.717, 1.165) is 6.20 Å². The third-order valence-electron chi connectivity index (χ3n) is 1.81. The van der Waals surface area contributed by atoms with Gasteiger partial charge in [0.2, 0.25) is 0 Å². The maximum atomic E-state index is 12.1. The highest BCUT2D eigenvalue weighted by atomic mass is 19.4. The van der Waals surface area contributed by atoms with Crippen LogP contribution in [0, 0.1) is 0 Å². The molecule has 0 amide bonds. The lowest BCUT2D eigenvalue weighted by atomic mass is 10.2. The highest BCUT2D eigenvalue weighted by molar-refractivity contribution is 5.59. The molecule has 0 aliphatic rings. The standard InChI is InChI=1S/C8H10F3N3O2/c9-8(10,11)16-7-4(1-12)2-14-5(3-15)6(7)13/h2,15H,1,3,12-13H2. The monoisotopic (exact) mass is 237 g/mol. The SMILES string of the molecule is NCc1cnc(CO)c(N)c1OC(F)(F)F. The van der Waals surface area contributed by atoms with Crippen LogP contribution in [0.4, 0.5) is 18.9 Å². The number of halogens is 3. The molecule has 16 heavy (non-hydrogen) atoms. The number of ether oxygens (including phenoxy) is 1. The van der Waals surface area contributed by atoms with Crippen molar-refractivity contribution in [1.29, 1.82) is 0 Å². The summed E-state index contributed by atoms with van der Waals surface area (Å²) in [6, 6.07) is 0. The van der Waals surface area contributed by atoms with Crippen molar-refractivity contribution in [1.82, 2.24) is 4.98 Å². The van der Waals surface area contributed by atoms with Gasteiger partial charge in [0.05, 0.1) is 18.0 Å². The van der Waals surface area contributed by atoms with Gasteiger partial charge in [-0.2, -0.15) is 0 Å². The van der Waals surface area contributed by atoms with Gasteiger partial charge in [-0.05, 0) is 0 Å². The Balaban J connectivity index is 3.21. The van der Waals surface area contributed by atoms with E-state index in [1.165, 1.54) is 0 Å². The van der Waals surface area contributed by atoms with E-state index < -0.39 is 18.7 Å². The zero-order valence-electron chi connectivity index (χ0n) is 8.08. The summed E-state index contributed by atoms with van der Waals surface area (Å²) < 4.78 is 40.0. The van der Waals surface area contributed by atoms with E-state index in [-0.39, 0.29) is 23.5 Å². The van der Waals surface area contributed by atoms with E-state index in [9.17, 15) is 13.2 Å². The first-order valence-electron chi connectivity index (χ1n) is 4.22. The molecule has 1 rings (SSSR count). The number of aliphatic hydroxyl groups is 1. The highest BCUT2D eigenvalue weighted by Crippen LogP contribution is 2.33. The third kappa shape index (κ3) is 2.74. The molecule has 90 valence electrons. The lowest BCUT2D eigenvalue weighted by molar-refractivity contribution is -0.274. The van der Waals surface area contributed by atoms with Crippen molar-refractivity contribution in [2.75, 3.05) is 5.73 Å². The molecule has 0 saturated heterocycles. The van der Waals surface area contributed by atoms with E-state index >= 15 is 0 Å². The van der Waals surface area contributed by atoms with Gasteiger partial charge in [0.15, 0.2) is 5.75 Å². The van der Waals surface area contributed by atoms with Crippen LogP contribution in [0.25, 0.3) is 0 Å². The molecule has 5 nitrogen and oxygen atoms in total. The van der Waals surface area contributed by atoms with Crippen LogP contribution in [-0.4, -0.2) is 16.5 Å². The molecule has 0 bridgehead atoms. The van der Waals surface area contributed by atoms with Gasteiger partial charge in [-0.25, -0.2) is 0 Å². The molecular weight excluding hydrogens is 227 g/mol. The topological polar surface area (TPSA) is 94.4 Å².